The lowest BCUT2D eigenvalue weighted by atomic mass is 9.96. The van der Waals surface area contributed by atoms with Crippen LogP contribution in [0.15, 0.2) is 88.6 Å². The number of nitrogens with zero attached hydrogens (tertiary/aromatic N) is 6. The van der Waals surface area contributed by atoms with Gasteiger partial charge in [0, 0.05) is 16.5 Å². The molecule has 4 aromatic heterocycles. The molecule has 9 nitrogen and oxygen atoms in total. The highest BCUT2D eigenvalue weighted by atomic mass is 16.4. The maximum atomic E-state index is 13.0. The van der Waals surface area contributed by atoms with Gasteiger partial charge in [-0.1, -0.05) is 48.5 Å². The molecule has 1 atom stereocenters. The number of anilines is 1. The van der Waals surface area contributed by atoms with Crippen LogP contribution in [0.25, 0.3) is 44.2 Å². The van der Waals surface area contributed by atoms with Gasteiger partial charge in [-0.25, -0.2) is 19.4 Å². The van der Waals surface area contributed by atoms with Crippen LogP contribution in [0.3, 0.4) is 0 Å². The van der Waals surface area contributed by atoms with E-state index in [2.05, 4.69) is 20.2 Å². The van der Waals surface area contributed by atoms with E-state index in [1.165, 1.54) is 6.33 Å². The number of nitrogens with two attached hydrogens (primary N) is 1. The third-order valence-electron chi connectivity index (χ3n) is 6.05. The van der Waals surface area contributed by atoms with Crippen LogP contribution in [0.4, 0.5) is 5.82 Å². The minimum absolute atomic E-state index is 0.295. The van der Waals surface area contributed by atoms with Crippen molar-refractivity contribution < 1.29 is 4.42 Å². The molecule has 9 heteroatoms. The van der Waals surface area contributed by atoms with Gasteiger partial charge in [-0.3, -0.25) is 0 Å². The number of rotatable bonds is 4. The fourth-order valence-corrected chi connectivity index (χ4v) is 4.42. The molecule has 0 saturated carbocycles. The van der Waals surface area contributed by atoms with E-state index in [-0.39, 0.29) is 0 Å². The second-order valence-corrected chi connectivity index (χ2v) is 8.10. The second-order valence-electron chi connectivity index (χ2n) is 8.10. The minimum atomic E-state index is -0.497. The molecule has 35 heavy (non-hydrogen) atoms. The van der Waals surface area contributed by atoms with E-state index in [0.717, 1.165) is 22.1 Å². The zero-order valence-electron chi connectivity index (χ0n) is 18.7. The quantitative estimate of drug-likeness (QED) is 0.413. The Morgan fingerprint density at radius 2 is 1.69 bits per heavy atom. The summed E-state index contributed by atoms with van der Waals surface area (Å²) >= 11 is 0. The lowest BCUT2D eigenvalue weighted by Crippen LogP contribution is -2.14. The van der Waals surface area contributed by atoms with Gasteiger partial charge >= 0.3 is 5.63 Å². The molecule has 2 N–H and O–H groups in total. The van der Waals surface area contributed by atoms with Gasteiger partial charge in [0.15, 0.2) is 5.65 Å². The zero-order valence-corrected chi connectivity index (χ0v) is 18.7. The summed E-state index contributed by atoms with van der Waals surface area (Å²) in [4.78, 5) is 21.6. The van der Waals surface area contributed by atoms with Crippen LogP contribution in [-0.4, -0.2) is 29.9 Å². The third kappa shape index (κ3) is 3.33. The zero-order chi connectivity index (χ0) is 23.9. The molecule has 170 valence electrons. The average Bonchev–Trinajstić information content (AvgIpc) is 3.30. The molecule has 0 saturated heterocycles. The molecular formula is C26H19N7O2. The van der Waals surface area contributed by atoms with Crippen LogP contribution >= 0.6 is 0 Å². The van der Waals surface area contributed by atoms with Crippen molar-refractivity contribution in [2.75, 3.05) is 5.73 Å². The van der Waals surface area contributed by atoms with E-state index in [0.29, 0.717) is 33.7 Å². The predicted octanol–water partition coefficient (Wildman–Crippen LogP) is 4.25. The Morgan fingerprint density at radius 3 is 2.46 bits per heavy atom. The van der Waals surface area contributed by atoms with Gasteiger partial charge in [0.05, 0.1) is 23.2 Å². The highest BCUT2D eigenvalue weighted by Crippen LogP contribution is 2.37. The highest BCUT2D eigenvalue weighted by molar-refractivity contribution is 5.99. The Bertz CT molecular complexity index is 1750. The van der Waals surface area contributed by atoms with E-state index in [1.54, 1.807) is 29.2 Å². The molecule has 6 aromatic rings. The average molecular weight is 461 g/mol. The van der Waals surface area contributed by atoms with Gasteiger partial charge in [-0.2, -0.15) is 15.3 Å². The van der Waals surface area contributed by atoms with Crippen LogP contribution in [0.1, 0.15) is 18.7 Å². The van der Waals surface area contributed by atoms with Gasteiger partial charge in [-0.15, -0.1) is 0 Å². The first kappa shape index (κ1) is 20.7. The van der Waals surface area contributed by atoms with Gasteiger partial charge in [0.2, 0.25) is 0 Å². The lowest BCUT2D eigenvalue weighted by molar-refractivity contribution is 0.405. The van der Waals surface area contributed by atoms with Crippen molar-refractivity contribution in [3.05, 3.63) is 95.6 Å². The van der Waals surface area contributed by atoms with E-state index >= 15 is 0 Å². The molecule has 0 amide bonds. The van der Waals surface area contributed by atoms with Gasteiger partial charge in [-0.05, 0) is 24.6 Å². The first-order valence-electron chi connectivity index (χ1n) is 11.0. The molecule has 0 spiro atoms. The largest absolute Gasteiger partial charge is 0.424 e. The summed E-state index contributed by atoms with van der Waals surface area (Å²) in [6.07, 6.45) is 4.58. The molecule has 0 fully saturated rings. The molecule has 0 radical (unpaired) electrons. The predicted molar refractivity (Wildman–Crippen MR) is 132 cm³/mol. The Kier molecular flexibility index (Phi) is 4.81. The van der Waals surface area contributed by atoms with Crippen molar-refractivity contribution in [3.63, 3.8) is 0 Å². The number of benzene rings is 2. The van der Waals surface area contributed by atoms with Crippen molar-refractivity contribution >= 4 is 27.6 Å². The van der Waals surface area contributed by atoms with Crippen molar-refractivity contribution in [2.24, 2.45) is 0 Å². The van der Waals surface area contributed by atoms with Crippen LogP contribution in [0.5, 0.6) is 0 Å². The first-order chi connectivity index (χ1) is 17.1. The Labute approximate surface area is 198 Å². The standard InChI is InChI=1S/C26H19N7O2/c1-15(33-25-21(24(27)28-14-29-25)22(32-33)17-11-12-30-31-13-17)23-20(16-7-3-2-4-8-16)18-9-5-6-10-19(18)26(34)35-23/h2-15H,1H3,(H2,27,28,29). The van der Waals surface area contributed by atoms with Crippen molar-refractivity contribution in [3.8, 4) is 22.4 Å². The maximum absolute atomic E-state index is 13.0. The van der Waals surface area contributed by atoms with Gasteiger partial charge < -0.3 is 10.2 Å². The molecule has 6 rings (SSSR count). The van der Waals surface area contributed by atoms with E-state index < -0.39 is 11.7 Å². The maximum Gasteiger partial charge on any atom is 0.343 e. The van der Waals surface area contributed by atoms with Gasteiger partial charge in [0.1, 0.15) is 29.6 Å². The molecule has 0 aliphatic rings. The normalized spacial score (nSPS) is 12.3. The van der Waals surface area contributed by atoms with Crippen LogP contribution in [0, 0.1) is 0 Å². The van der Waals surface area contributed by atoms with Crippen LogP contribution < -0.4 is 11.4 Å². The Balaban J connectivity index is 1.65. The van der Waals surface area contributed by atoms with Crippen molar-refractivity contribution in [2.45, 2.75) is 13.0 Å². The summed E-state index contributed by atoms with van der Waals surface area (Å²) in [5.74, 6) is 0.768. The number of hydrogen-bond acceptors (Lipinski definition) is 8. The summed E-state index contributed by atoms with van der Waals surface area (Å²) < 4.78 is 7.68. The van der Waals surface area contributed by atoms with Gasteiger partial charge in [0.25, 0.3) is 0 Å². The van der Waals surface area contributed by atoms with Crippen LogP contribution in [0.2, 0.25) is 0 Å². The van der Waals surface area contributed by atoms with E-state index in [4.69, 9.17) is 15.2 Å². The SMILES string of the molecule is CC(c1oc(=O)c2ccccc2c1-c1ccccc1)n1nc(-c2ccnnc2)c2c(N)ncnc21. The molecular weight excluding hydrogens is 442 g/mol. The summed E-state index contributed by atoms with van der Waals surface area (Å²) in [6.45, 7) is 1.92. The minimum Gasteiger partial charge on any atom is -0.424 e. The number of hydrogen-bond donors (Lipinski definition) is 1. The smallest absolute Gasteiger partial charge is 0.343 e. The van der Waals surface area contributed by atoms with Crippen molar-refractivity contribution in [1.29, 1.82) is 0 Å². The fraction of sp³-hybridized carbons (Fsp3) is 0.0769. The Morgan fingerprint density at radius 1 is 0.914 bits per heavy atom. The second kappa shape index (κ2) is 8.14. The topological polar surface area (TPSA) is 126 Å². The van der Waals surface area contributed by atoms with Crippen LogP contribution in [-0.2, 0) is 0 Å². The number of fused-ring (bicyclic) bond motifs is 2. The molecule has 0 aliphatic heterocycles. The Hall–Kier alpha value is -4.92. The number of aromatic nitrogens is 6. The molecule has 4 heterocycles. The van der Waals surface area contributed by atoms with E-state index in [9.17, 15) is 4.79 Å². The first-order valence-corrected chi connectivity index (χ1v) is 11.0. The van der Waals surface area contributed by atoms with Crippen molar-refractivity contribution in [1.82, 2.24) is 29.9 Å². The summed E-state index contributed by atoms with van der Waals surface area (Å²) in [5.41, 5.74) is 9.41. The summed E-state index contributed by atoms with van der Waals surface area (Å²) in [5, 5.41) is 14.6. The molecule has 2 aromatic carbocycles. The molecule has 1 unspecified atom stereocenters. The fourth-order valence-electron chi connectivity index (χ4n) is 4.42. The summed E-state index contributed by atoms with van der Waals surface area (Å²) in [6, 6.07) is 18.6. The van der Waals surface area contributed by atoms with E-state index in [1.807, 2.05) is 55.5 Å². The highest BCUT2D eigenvalue weighted by Gasteiger charge is 2.26. The molecule has 0 aliphatic carbocycles. The summed E-state index contributed by atoms with van der Waals surface area (Å²) in [7, 11) is 0. The lowest BCUT2D eigenvalue weighted by Gasteiger charge is -2.18. The molecule has 0 bridgehead atoms. The third-order valence-corrected chi connectivity index (χ3v) is 6.05. The number of nitrogen functional groups attached to an aromatic ring is 1. The monoisotopic (exact) mass is 461 g/mol.